The van der Waals surface area contributed by atoms with Crippen LogP contribution in [0.3, 0.4) is 0 Å². The molecular weight excluding hydrogens is 180 g/mol. The third-order valence-electron chi connectivity index (χ3n) is 3.25. The molecule has 0 aromatic heterocycles. The highest BCUT2D eigenvalue weighted by atomic mass is 16.6. The molecule has 0 aromatic carbocycles. The van der Waals surface area contributed by atoms with Crippen LogP contribution in [0.2, 0.25) is 0 Å². The van der Waals surface area contributed by atoms with E-state index in [-0.39, 0.29) is 17.1 Å². The van der Waals surface area contributed by atoms with Crippen LogP contribution in [-0.2, 0) is 9.47 Å². The summed E-state index contributed by atoms with van der Waals surface area (Å²) >= 11 is 0. The Morgan fingerprint density at radius 1 is 1.14 bits per heavy atom. The van der Waals surface area contributed by atoms with Crippen molar-refractivity contribution in [3.63, 3.8) is 0 Å². The van der Waals surface area contributed by atoms with Gasteiger partial charge in [-0.1, -0.05) is 20.8 Å². The molecule has 3 heteroatoms. The number of ether oxygens (including phenoxy) is 2. The van der Waals surface area contributed by atoms with Gasteiger partial charge in [0.05, 0.1) is 18.8 Å². The molecule has 1 fully saturated rings. The standard InChI is InChI=1S/C11H22O3/c1-10(2,3)11(4,5)14-9-7-13-6-8(9)12/h8-9,12H,6-7H2,1-5H3/t8-,9-/m0/s1. The highest BCUT2D eigenvalue weighted by Crippen LogP contribution is 2.35. The first-order valence-corrected chi connectivity index (χ1v) is 5.18. The monoisotopic (exact) mass is 202 g/mol. The minimum Gasteiger partial charge on any atom is -0.388 e. The molecule has 3 nitrogen and oxygen atoms in total. The minimum absolute atomic E-state index is 0.0509. The topological polar surface area (TPSA) is 38.7 Å². The maximum absolute atomic E-state index is 9.57. The summed E-state index contributed by atoms with van der Waals surface area (Å²) in [7, 11) is 0. The van der Waals surface area contributed by atoms with Gasteiger partial charge in [-0.15, -0.1) is 0 Å². The van der Waals surface area contributed by atoms with Gasteiger partial charge in [-0.2, -0.15) is 0 Å². The molecule has 0 bridgehead atoms. The Kier molecular flexibility index (Phi) is 3.24. The van der Waals surface area contributed by atoms with Gasteiger partial charge in [0.2, 0.25) is 0 Å². The molecule has 2 atom stereocenters. The Bertz CT molecular complexity index is 193. The van der Waals surface area contributed by atoms with Crippen molar-refractivity contribution in [2.75, 3.05) is 13.2 Å². The van der Waals surface area contributed by atoms with Gasteiger partial charge in [0.1, 0.15) is 12.2 Å². The van der Waals surface area contributed by atoms with Crippen LogP contribution in [-0.4, -0.2) is 36.1 Å². The van der Waals surface area contributed by atoms with Gasteiger partial charge in [0, 0.05) is 0 Å². The zero-order chi connectivity index (χ0) is 11.0. The summed E-state index contributed by atoms with van der Waals surface area (Å²) in [5.74, 6) is 0. The SMILES string of the molecule is CC(C)(C)C(C)(C)O[C@H]1COC[C@@H]1O. The first kappa shape index (κ1) is 12.0. The summed E-state index contributed by atoms with van der Waals surface area (Å²) in [6.45, 7) is 11.4. The summed E-state index contributed by atoms with van der Waals surface area (Å²) in [6.07, 6.45) is -0.652. The van der Waals surface area contributed by atoms with Crippen molar-refractivity contribution >= 4 is 0 Å². The second-order valence-electron chi connectivity index (χ2n) is 5.52. The number of aliphatic hydroxyl groups excluding tert-OH is 1. The van der Waals surface area contributed by atoms with Gasteiger partial charge in [-0.25, -0.2) is 0 Å². The van der Waals surface area contributed by atoms with Crippen molar-refractivity contribution in [1.29, 1.82) is 0 Å². The Balaban J connectivity index is 2.58. The quantitative estimate of drug-likeness (QED) is 0.739. The molecule has 1 rings (SSSR count). The van der Waals surface area contributed by atoms with E-state index in [1.54, 1.807) is 0 Å². The van der Waals surface area contributed by atoms with Crippen molar-refractivity contribution in [1.82, 2.24) is 0 Å². The van der Waals surface area contributed by atoms with Gasteiger partial charge in [0.15, 0.2) is 0 Å². The molecule has 0 saturated carbocycles. The molecule has 0 unspecified atom stereocenters. The lowest BCUT2D eigenvalue weighted by atomic mass is 9.79. The van der Waals surface area contributed by atoms with Crippen molar-refractivity contribution in [3.8, 4) is 0 Å². The fourth-order valence-corrected chi connectivity index (χ4v) is 1.19. The molecular formula is C11H22O3. The minimum atomic E-state index is -0.475. The molecule has 1 aliphatic rings. The van der Waals surface area contributed by atoms with Crippen LogP contribution in [0.5, 0.6) is 0 Å². The summed E-state index contributed by atoms with van der Waals surface area (Å²) in [5.41, 5.74) is -0.207. The Morgan fingerprint density at radius 2 is 1.71 bits per heavy atom. The Hall–Kier alpha value is -0.120. The summed E-state index contributed by atoms with van der Waals surface area (Å²) in [6, 6.07) is 0. The average Bonchev–Trinajstić information content (AvgIpc) is 2.33. The fourth-order valence-electron chi connectivity index (χ4n) is 1.19. The molecule has 1 saturated heterocycles. The first-order valence-electron chi connectivity index (χ1n) is 5.18. The van der Waals surface area contributed by atoms with Crippen LogP contribution in [0.1, 0.15) is 34.6 Å². The van der Waals surface area contributed by atoms with Gasteiger partial charge in [-0.05, 0) is 19.3 Å². The second kappa shape index (κ2) is 3.80. The number of hydrogen-bond donors (Lipinski definition) is 1. The van der Waals surface area contributed by atoms with Crippen molar-refractivity contribution in [2.45, 2.75) is 52.4 Å². The number of aliphatic hydroxyl groups is 1. The van der Waals surface area contributed by atoms with E-state index in [1.165, 1.54) is 0 Å². The molecule has 1 heterocycles. The van der Waals surface area contributed by atoms with Crippen LogP contribution in [0.25, 0.3) is 0 Å². The van der Waals surface area contributed by atoms with Crippen LogP contribution in [0, 0.1) is 5.41 Å². The van der Waals surface area contributed by atoms with E-state index in [2.05, 4.69) is 34.6 Å². The maximum atomic E-state index is 9.57. The van der Waals surface area contributed by atoms with E-state index in [4.69, 9.17) is 9.47 Å². The van der Waals surface area contributed by atoms with E-state index in [0.29, 0.717) is 13.2 Å². The van der Waals surface area contributed by atoms with Crippen LogP contribution < -0.4 is 0 Å². The van der Waals surface area contributed by atoms with Gasteiger partial charge in [-0.3, -0.25) is 0 Å². The number of hydrogen-bond acceptors (Lipinski definition) is 3. The van der Waals surface area contributed by atoms with Gasteiger partial charge < -0.3 is 14.6 Å². The summed E-state index contributed by atoms with van der Waals surface area (Å²) < 4.78 is 11.1. The van der Waals surface area contributed by atoms with Gasteiger partial charge >= 0.3 is 0 Å². The van der Waals surface area contributed by atoms with Crippen LogP contribution in [0.4, 0.5) is 0 Å². The third kappa shape index (κ3) is 2.47. The first-order chi connectivity index (χ1) is 6.24. The zero-order valence-electron chi connectivity index (χ0n) is 9.83. The zero-order valence-corrected chi connectivity index (χ0v) is 9.83. The van der Waals surface area contributed by atoms with Gasteiger partial charge in [0.25, 0.3) is 0 Å². The molecule has 84 valence electrons. The second-order valence-corrected chi connectivity index (χ2v) is 5.52. The van der Waals surface area contributed by atoms with E-state index >= 15 is 0 Å². The fraction of sp³-hybridized carbons (Fsp3) is 1.00. The Morgan fingerprint density at radius 3 is 2.07 bits per heavy atom. The molecule has 0 aromatic rings. The number of rotatable bonds is 2. The molecule has 0 radical (unpaired) electrons. The average molecular weight is 202 g/mol. The molecule has 0 aliphatic carbocycles. The van der Waals surface area contributed by atoms with Crippen LogP contribution >= 0.6 is 0 Å². The summed E-state index contributed by atoms with van der Waals surface area (Å²) in [5, 5.41) is 9.57. The normalized spacial score (nSPS) is 29.6. The highest BCUT2D eigenvalue weighted by molar-refractivity contribution is 4.87. The van der Waals surface area contributed by atoms with Crippen LogP contribution in [0.15, 0.2) is 0 Å². The van der Waals surface area contributed by atoms with E-state index in [0.717, 1.165) is 0 Å². The van der Waals surface area contributed by atoms with E-state index in [9.17, 15) is 5.11 Å². The lowest BCUT2D eigenvalue weighted by Crippen LogP contribution is -2.45. The van der Waals surface area contributed by atoms with Crippen molar-refractivity contribution < 1.29 is 14.6 Å². The summed E-state index contributed by atoms with van der Waals surface area (Å²) in [4.78, 5) is 0. The molecule has 1 aliphatic heterocycles. The maximum Gasteiger partial charge on any atom is 0.110 e. The predicted octanol–water partition coefficient (Wildman–Crippen LogP) is 1.59. The predicted molar refractivity (Wildman–Crippen MR) is 55.2 cm³/mol. The smallest absolute Gasteiger partial charge is 0.110 e. The lowest BCUT2D eigenvalue weighted by molar-refractivity contribution is -0.150. The highest BCUT2D eigenvalue weighted by Gasteiger charge is 2.39. The van der Waals surface area contributed by atoms with E-state index in [1.807, 2.05) is 0 Å². The molecule has 1 N–H and O–H groups in total. The lowest BCUT2D eigenvalue weighted by Gasteiger charge is -2.40. The largest absolute Gasteiger partial charge is 0.388 e. The Labute approximate surface area is 86.4 Å². The van der Waals surface area contributed by atoms with E-state index < -0.39 is 6.10 Å². The van der Waals surface area contributed by atoms with Crippen molar-refractivity contribution in [2.24, 2.45) is 5.41 Å². The third-order valence-corrected chi connectivity index (χ3v) is 3.25. The van der Waals surface area contributed by atoms with Crippen molar-refractivity contribution in [3.05, 3.63) is 0 Å². The molecule has 0 spiro atoms. The molecule has 0 amide bonds. The molecule has 14 heavy (non-hydrogen) atoms.